The van der Waals surface area contributed by atoms with E-state index in [1.54, 1.807) is 6.07 Å². The van der Waals surface area contributed by atoms with E-state index in [4.69, 9.17) is 16.6 Å². The molecular formula is C13H16FN5O3S. The standard InChI is InChI=1S/C13H16FN5O3S/c14-23-11-4-9(6-19(1-2-20)7-12(21)22)3-10(5-11)13(16)18-17-8-15/h2-5,8H,1,6-7H2,(H2,15,17)(H2,16,18)(H,21,22). The quantitative estimate of drug-likeness (QED) is 0.255. The maximum Gasteiger partial charge on any atom is 0.317 e. The Hall–Kier alpha value is -2.46. The van der Waals surface area contributed by atoms with Gasteiger partial charge in [-0.15, -0.1) is 10.2 Å². The number of benzene rings is 1. The molecule has 0 heterocycles. The van der Waals surface area contributed by atoms with Crippen LogP contribution in [0.15, 0.2) is 33.3 Å². The summed E-state index contributed by atoms with van der Waals surface area (Å²) in [5, 5.41) is 15.9. The highest BCUT2D eigenvalue weighted by molar-refractivity contribution is 7.94. The summed E-state index contributed by atoms with van der Waals surface area (Å²) in [6.07, 6.45) is 1.56. The van der Waals surface area contributed by atoms with Gasteiger partial charge in [0.05, 0.1) is 25.2 Å². The van der Waals surface area contributed by atoms with Crippen LogP contribution in [-0.2, 0) is 16.1 Å². The molecule has 0 aliphatic rings. The number of carbonyl (C=O) groups is 2. The Morgan fingerprint density at radius 3 is 2.74 bits per heavy atom. The number of nitrogens with zero attached hydrogens (tertiary/aromatic N) is 3. The van der Waals surface area contributed by atoms with Gasteiger partial charge in [0.2, 0.25) is 0 Å². The summed E-state index contributed by atoms with van der Waals surface area (Å²) in [6, 6.07) is 4.62. The Labute approximate surface area is 136 Å². The van der Waals surface area contributed by atoms with Gasteiger partial charge in [-0.1, -0.05) is 0 Å². The lowest BCUT2D eigenvalue weighted by molar-refractivity contribution is -0.138. The van der Waals surface area contributed by atoms with Gasteiger partial charge in [0.25, 0.3) is 0 Å². The third kappa shape index (κ3) is 6.45. The monoisotopic (exact) mass is 341 g/mol. The van der Waals surface area contributed by atoms with Crippen molar-refractivity contribution >= 4 is 36.6 Å². The van der Waals surface area contributed by atoms with E-state index in [1.807, 2.05) is 0 Å². The second-order valence-electron chi connectivity index (χ2n) is 4.42. The molecule has 0 amide bonds. The predicted molar refractivity (Wildman–Crippen MR) is 85.8 cm³/mol. The number of rotatable bonds is 9. The number of carbonyl (C=O) groups excluding carboxylic acids is 1. The summed E-state index contributed by atoms with van der Waals surface area (Å²) in [5.41, 5.74) is 11.8. The van der Waals surface area contributed by atoms with Crippen molar-refractivity contribution in [2.75, 3.05) is 13.1 Å². The molecule has 0 bridgehead atoms. The molecule has 1 aromatic rings. The summed E-state index contributed by atoms with van der Waals surface area (Å²) >= 11 is 0.0147. The van der Waals surface area contributed by atoms with Gasteiger partial charge in [0.15, 0.2) is 5.84 Å². The number of hydrogen-bond donors (Lipinski definition) is 3. The van der Waals surface area contributed by atoms with Crippen LogP contribution in [0.1, 0.15) is 11.1 Å². The van der Waals surface area contributed by atoms with Gasteiger partial charge in [0, 0.05) is 17.0 Å². The first kappa shape index (κ1) is 18.6. The van der Waals surface area contributed by atoms with Crippen molar-refractivity contribution < 1.29 is 18.6 Å². The van der Waals surface area contributed by atoms with Crippen LogP contribution >= 0.6 is 12.1 Å². The van der Waals surface area contributed by atoms with Crippen molar-refractivity contribution in [2.45, 2.75) is 11.4 Å². The van der Waals surface area contributed by atoms with E-state index in [9.17, 15) is 13.5 Å². The molecule has 0 aliphatic carbocycles. The molecule has 1 rings (SSSR count). The second-order valence-corrected chi connectivity index (χ2v) is 5.05. The molecule has 124 valence electrons. The first-order valence-electron chi connectivity index (χ1n) is 6.37. The van der Waals surface area contributed by atoms with Crippen LogP contribution in [0.2, 0.25) is 0 Å². The number of aliphatic carboxylic acids is 1. The largest absolute Gasteiger partial charge is 0.480 e. The lowest BCUT2D eigenvalue weighted by atomic mass is 10.1. The van der Waals surface area contributed by atoms with Gasteiger partial charge < -0.3 is 21.4 Å². The molecule has 0 atom stereocenters. The maximum atomic E-state index is 12.9. The Kier molecular flexibility index (Phi) is 7.71. The Morgan fingerprint density at radius 1 is 1.43 bits per heavy atom. The lowest BCUT2D eigenvalue weighted by Crippen LogP contribution is -2.31. The van der Waals surface area contributed by atoms with Gasteiger partial charge >= 0.3 is 5.97 Å². The van der Waals surface area contributed by atoms with Crippen molar-refractivity contribution in [3.8, 4) is 0 Å². The minimum absolute atomic E-state index is 0.0147. The fourth-order valence-electron chi connectivity index (χ4n) is 1.84. The summed E-state index contributed by atoms with van der Waals surface area (Å²) in [5.74, 6) is -1.04. The molecule has 8 nitrogen and oxygen atoms in total. The normalized spacial score (nSPS) is 12.0. The number of halogens is 1. The van der Waals surface area contributed by atoms with Gasteiger partial charge in [0.1, 0.15) is 12.6 Å². The van der Waals surface area contributed by atoms with Crippen LogP contribution in [0.5, 0.6) is 0 Å². The van der Waals surface area contributed by atoms with E-state index < -0.39 is 5.97 Å². The van der Waals surface area contributed by atoms with Crippen LogP contribution in [-0.4, -0.2) is 47.5 Å². The molecule has 0 aromatic heterocycles. The number of aldehydes is 1. The van der Waals surface area contributed by atoms with Gasteiger partial charge in [-0.05, 0) is 23.8 Å². The van der Waals surface area contributed by atoms with E-state index in [2.05, 4.69) is 10.2 Å². The maximum absolute atomic E-state index is 12.9. The smallest absolute Gasteiger partial charge is 0.317 e. The Balaban J connectivity index is 3.09. The van der Waals surface area contributed by atoms with Crippen LogP contribution in [0.4, 0.5) is 3.89 Å². The van der Waals surface area contributed by atoms with Gasteiger partial charge in [-0.25, -0.2) is 0 Å². The number of amidine groups is 1. The molecule has 0 radical (unpaired) electrons. The third-order valence-corrected chi connectivity index (χ3v) is 3.09. The van der Waals surface area contributed by atoms with Crippen LogP contribution in [0, 0.1) is 0 Å². The van der Waals surface area contributed by atoms with Gasteiger partial charge in [-0.2, -0.15) is 3.89 Å². The number of hydrogen-bond acceptors (Lipinski definition) is 6. The Bertz CT molecular complexity index is 624. The summed E-state index contributed by atoms with van der Waals surface area (Å²) < 4.78 is 12.9. The van der Waals surface area contributed by atoms with Crippen LogP contribution in [0.25, 0.3) is 0 Å². The summed E-state index contributed by atoms with van der Waals surface area (Å²) in [7, 11) is 0. The molecule has 0 fully saturated rings. The van der Waals surface area contributed by atoms with Crippen LogP contribution in [0.3, 0.4) is 0 Å². The topological polar surface area (TPSA) is 134 Å². The number of carboxylic acid groups (broad SMARTS) is 1. The average molecular weight is 341 g/mol. The zero-order valence-corrected chi connectivity index (χ0v) is 12.9. The fourth-order valence-corrected chi connectivity index (χ4v) is 2.21. The average Bonchev–Trinajstić information content (AvgIpc) is 2.51. The zero-order chi connectivity index (χ0) is 17.2. The highest BCUT2D eigenvalue weighted by Gasteiger charge is 2.12. The molecule has 10 heteroatoms. The number of carboxylic acids is 1. The van der Waals surface area contributed by atoms with E-state index in [0.717, 1.165) is 6.34 Å². The van der Waals surface area contributed by atoms with E-state index in [-0.39, 0.29) is 42.5 Å². The predicted octanol–water partition coefficient (Wildman–Crippen LogP) is 0.356. The van der Waals surface area contributed by atoms with Crippen molar-refractivity contribution in [1.29, 1.82) is 0 Å². The van der Waals surface area contributed by atoms with E-state index >= 15 is 0 Å². The van der Waals surface area contributed by atoms with Crippen LogP contribution < -0.4 is 11.5 Å². The molecule has 0 aliphatic heterocycles. The molecule has 0 saturated carbocycles. The first-order chi connectivity index (χ1) is 11.0. The fraction of sp³-hybridized carbons (Fsp3) is 0.231. The highest BCUT2D eigenvalue weighted by Crippen LogP contribution is 2.23. The molecular weight excluding hydrogens is 325 g/mol. The molecule has 5 N–H and O–H groups in total. The van der Waals surface area contributed by atoms with Crippen molar-refractivity contribution in [2.24, 2.45) is 21.7 Å². The van der Waals surface area contributed by atoms with Crippen molar-refractivity contribution in [3.05, 3.63) is 29.3 Å². The summed E-state index contributed by atoms with van der Waals surface area (Å²) in [6.45, 7) is -0.238. The Morgan fingerprint density at radius 2 is 2.17 bits per heavy atom. The zero-order valence-electron chi connectivity index (χ0n) is 12.1. The molecule has 0 spiro atoms. The minimum atomic E-state index is -1.07. The highest BCUT2D eigenvalue weighted by atomic mass is 32.2. The minimum Gasteiger partial charge on any atom is -0.480 e. The lowest BCUT2D eigenvalue weighted by Gasteiger charge is -2.18. The third-order valence-electron chi connectivity index (χ3n) is 2.68. The van der Waals surface area contributed by atoms with Crippen molar-refractivity contribution in [1.82, 2.24) is 4.90 Å². The molecule has 0 unspecified atom stereocenters. The summed E-state index contributed by atoms with van der Waals surface area (Å²) in [4.78, 5) is 23.1. The number of nitrogens with two attached hydrogens (primary N) is 2. The molecule has 0 saturated heterocycles. The van der Waals surface area contributed by atoms with Crippen molar-refractivity contribution in [3.63, 3.8) is 0 Å². The first-order valence-corrected chi connectivity index (χ1v) is 7.09. The molecule has 23 heavy (non-hydrogen) atoms. The van der Waals surface area contributed by atoms with E-state index in [0.29, 0.717) is 17.4 Å². The SMILES string of the molecule is N/C=N\N=C(/N)c1cc(CN(CC=O)CC(=O)O)cc(SF)c1. The second kappa shape index (κ2) is 9.54. The van der Waals surface area contributed by atoms with E-state index in [1.165, 1.54) is 17.0 Å². The van der Waals surface area contributed by atoms with Gasteiger partial charge in [-0.3, -0.25) is 9.69 Å². The molecule has 1 aromatic carbocycles.